The first-order valence-corrected chi connectivity index (χ1v) is 5.85. The molecule has 0 radical (unpaired) electrons. The van der Waals surface area contributed by atoms with Crippen molar-refractivity contribution in [3.05, 3.63) is 43.0 Å². The van der Waals surface area contributed by atoms with Gasteiger partial charge < -0.3 is 10.7 Å². The molecule has 19 heavy (non-hydrogen) atoms. The summed E-state index contributed by atoms with van der Waals surface area (Å²) in [5, 5.41) is 5.14. The Balaban J connectivity index is 1.97. The summed E-state index contributed by atoms with van der Waals surface area (Å²) in [4.78, 5) is 11.3. The Morgan fingerprint density at radius 1 is 1.26 bits per heavy atom. The van der Waals surface area contributed by atoms with E-state index in [0.29, 0.717) is 0 Å². The Morgan fingerprint density at radius 2 is 2.21 bits per heavy atom. The highest BCUT2D eigenvalue weighted by molar-refractivity contribution is 5.94. The first kappa shape index (κ1) is 10.1. The molecular weight excluding hydrogens is 240 g/mol. The number of aromatic amines is 1. The monoisotopic (exact) mass is 250 g/mol. The van der Waals surface area contributed by atoms with Crippen LogP contribution in [0.15, 0.2) is 43.0 Å². The van der Waals surface area contributed by atoms with Gasteiger partial charge in [0, 0.05) is 35.7 Å². The second-order valence-corrected chi connectivity index (χ2v) is 4.31. The van der Waals surface area contributed by atoms with Crippen LogP contribution >= 0.6 is 0 Å². The Hall–Kier alpha value is -2.89. The van der Waals surface area contributed by atoms with E-state index in [1.54, 1.807) is 12.4 Å². The molecule has 0 aliphatic carbocycles. The van der Waals surface area contributed by atoms with Gasteiger partial charge in [0.05, 0.1) is 5.52 Å². The molecule has 0 spiro atoms. The van der Waals surface area contributed by atoms with Crippen molar-refractivity contribution in [3.8, 4) is 11.1 Å². The summed E-state index contributed by atoms with van der Waals surface area (Å²) in [5.74, 6) is 0.271. The Morgan fingerprint density at radius 3 is 3.16 bits per heavy atom. The van der Waals surface area contributed by atoms with Crippen molar-refractivity contribution in [1.82, 2.24) is 24.6 Å². The van der Waals surface area contributed by atoms with Crippen LogP contribution in [0.5, 0.6) is 0 Å². The van der Waals surface area contributed by atoms with Gasteiger partial charge in [-0.25, -0.2) is 9.50 Å². The average Bonchev–Trinajstić information content (AvgIpc) is 3.02. The number of hydrogen-bond acceptors (Lipinski definition) is 4. The van der Waals surface area contributed by atoms with E-state index in [9.17, 15) is 0 Å². The quantitative estimate of drug-likeness (QED) is 0.540. The number of rotatable bonds is 1. The van der Waals surface area contributed by atoms with E-state index in [4.69, 9.17) is 5.73 Å². The average molecular weight is 250 g/mol. The normalized spacial score (nSPS) is 11.4. The van der Waals surface area contributed by atoms with Crippen LogP contribution < -0.4 is 5.73 Å². The Kier molecular flexibility index (Phi) is 1.88. The zero-order valence-electron chi connectivity index (χ0n) is 9.91. The third-order valence-electron chi connectivity index (χ3n) is 3.16. The molecule has 0 aliphatic heterocycles. The largest absolute Gasteiger partial charge is 0.368 e. The number of nitrogens with one attached hydrogen (secondary N) is 1. The van der Waals surface area contributed by atoms with Crippen molar-refractivity contribution in [2.45, 2.75) is 0 Å². The van der Waals surface area contributed by atoms with Crippen LogP contribution in [0.2, 0.25) is 0 Å². The van der Waals surface area contributed by atoms with Gasteiger partial charge in [-0.3, -0.25) is 0 Å². The number of hydrogen-bond donors (Lipinski definition) is 2. The minimum Gasteiger partial charge on any atom is -0.368 e. The van der Waals surface area contributed by atoms with Crippen molar-refractivity contribution >= 4 is 22.5 Å². The molecule has 0 fully saturated rings. The number of nitrogens with zero attached hydrogens (tertiary/aromatic N) is 4. The molecule has 4 aromatic heterocycles. The van der Waals surface area contributed by atoms with Gasteiger partial charge in [0.1, 0.15) is 5.65 Å². The third-order valence-corrected chi connectivity index (χ3v) is 3.16. The zero-order chi connectivity index (χ0) is 12.8. The second-order valence-electron chi connectivity index (χ2n) is 4.31. The third kappa shape index (κ3) is 1.46. The Bertz CT molecular complexity index is 888. The van der Waals surface area contributed by atoms with E-state index in [1.165, 1.54) is 0 Å². The van der Waals surface area contributed by atoms with Crippen LogP contribution in [0.1, 0.15) is 0 Å². The summed E-state index contributed by atoms with van der Waals surface area (Å²) in [6.07, 6.45) is 7.37. The lowest BCUT2D eigenvalue weighted by Gasteiger charge is -2.00. The fourth-order valence-electron chi connectivity index (χ4n) is 2.25. The topological polar surface area (TPSA) is 84.9 Å². The lowest BCUT2D eigenvalue weighted by molar-refractivity contribution is 0.962. The van der Waals surface area contributed by atoms with E-state index < -0.39 is 0 Å². The van der Waals surface area contributed by atoms with Gasteiger partial charge in [-0.2, -0.15) is 10.1 Å². The maximum Gasteiger partial charge on any atom is 0.221 e. The standard InChI is InChI=1S/C13H10N6/c14-13-16-7-11-10(6-15-12(11)18-13)8-2-4-19-9(5-8)1-3-17-19/h1-7H,(H3,14,15,16,18). The number of fused-ring (bicyclic) bond motifs is 2. The number of H-pyrrole nitrogens is 1. The van der Waals surface area contributed by atoms with Crippen LogP contribution in [-0.2, 0) is 0 Å². The van der Waals surface area contributed by atoms with Gasteiger partial charge in [0.15, 0.2) is 0 Å². The maximum atomic E-state index is 5.58. The zero-order valence-corrected chi connectivity index (χ0v) is 9.91. The van der Waals surface area contributed by atoms with Gasteiger partial charge in [-0.1, -0.05) is 0 Å². The SMILES string of the molecule is Nc1ncc2c(-c3ccn4nccc4c3)c[nH]c2n1. The summed E-state index contributed by atoms with van der Waals surface area (Å²) in [6.45, 7) is 0. The fraction of sp³-hybridized carbons (Fsp3) is 0. The number of anilines is 1. The van der Waals surface area contributed by atoms with Gasteiger partial charge in [-0.05, 0) is 23.8 Å². The lowest BCUT2D eigenvalue weighted by Crippen LogP contribution is -1.93. The number of pyridine rings is 1. The minimum absolute atomic E-state index is 0.271. The Labute approximate surface area is 107 Å². The van der Waals surface area contributed by atoms with Crippen molar-refractivity contribution in [2.24, 2.45) is 0 Å². The molecule has 0 unspecified atom stereocenters. The van der Waals surface area contributed by atoms with E-state index >= 15 is 0 Å². The molecule has 0 bridgehead atoms. The highest BCUT2D eigenvalue weighted by Crippen LogP contribution is 2.28. The van der Waals surface area contributed by atoms with Crippen LogP contribution in [0, 0.1) is 0 Å². The van der Waals surface area contributed by atoms with Gasteiger partial charge in [0.2, 0.25) is 5.95 Å². The van der Waals surface area contributed by atoms with Gasteiger partial charge >= 0.3 is 0 Å². The van der Waals surface area contributed by atoms with E-state index in [2.05, 4.69) is 26.1 Å². The molecule has 3 N–H and O–H groups in total. The number of aromatic nitrogens is 5. The highest BCUT2D eigenvalue weighted by Gasteiger charge is 2.08. The second kappa shape index (κ2) is 3.55. The molecule has 0 aliphatic rings. The number of nitrogen functional groups attached to an aromatic ring is 1. The predicted molar refractivity (Wildman–Crippen MR) is 72.5 cm³/mol. The van der Waals surface area contributed by atoms with Crippen molar-refractivity contribution in [2.75, 3.05) is 5.73 Å². The predicted octanol–water partition coefficient (Wildman–Crippen LogP) is 1.85. The first-order chi connectivity index (χ1) is 9.31. The van der Waals surface area contributed by atoms with Gasteiger partial charge in [-0.15, -0.1) is 0 Å². The van der Waals surface area contributed by atoms with Crippen LogP contribution in [-0.4, -0.2) is 24.6 Å². The van der Waals surface area contributed by atoms with E-state index in [0.717, 1.165) is 27.7 Å². The molecule has 0 saturated carbocycles. The highest BCUT2D eigenvalue weighted by atomic mass is 15.2. The molecule has 6 heteroatoms. The van der Waals surface area contributed by atoms with E-state index in [-0.39, 0.29) is 5.95 Å². The molecule has 4 heterocycles. The molecule has 0 atom stereocenters. The molecule has 4 rings (SSSR count). The summed E-state index contributed by atoms with van der Waals surface area (Å²) < 4.78 is 1.83. The lowest BCUT2D eigenvalue weighted by atomic mass is 10.1. The van der Waals surface area contributed by atoms with Crippen molar-refractivity contribution in [1.29, 1.82) is 0 Å². The van der Waals surface area contributed by atoms with Crippen LogP contribution in [0.25, 0.3) is 27.7 Å². The van der Waals surface area contributed by atoms with Crippen LogP contribution in [0.3, 0.4) is 0 Å². The molecule has 92 valence electrons. The smallest absolute Gasteiger partial charge is 0.221 e. The van der Waals surface area contributed by atoms with Gasteiger partial charge in [0.25, 0.3) is 0 Å². The fourth-order valence-corrected chi connectivity index (χ4v) is 2.25. The van der Waals surface area contributed by atoms with E-state index in [1.807, 2.05) is 29.0 Å². The summed E-state index contributed by atoms with van der Waals surface area (Å²) in [7, 11) is 0. The molecular formula is C13H10N6. The maximum absolute atomic E-state index is 5.58. The molecule has 0 aromatic carbocycles. The summed E-state index contributed by atoms with van der Waals surface area (Å²) in [6, 6.07) is 6.05. The molecule has 0 amide bonds. The molecule has 6 nitrogen and oxygen atoms in total. The summed E-state index contributed by atoms with van der Waals surface area (Å²) >= 11 is 0. The van der Waals surface area contributed by atoms with Crippen molar-refractivity contribution < 1.29 is 0 Å². The minimum atomic E-state index is 0.271. The molecule has 0 saturated heterocycles. The van der Waals surface area contributed by atoms with Crippen molar-refractivity contribution in [3.63, 3.8) is 0 Å². The first-order valence-electron chi connectivity index (χ1n) is 5.85. The number of nitrogens with two attached hydrogens (primary N) is 1. The van der Waals surface area contributed by atoms with Crippen LogP contribution in [0.4, 0.5) is 5.95 Å². The molecule has 4 aromatic rings. The summed E-state index contributed by atoms with van der Waals surface area (Å²) in [5.41, 5.74) is 9.51.